The molecule has 1 aromatic heterocycles. The number of carboxylic acid groups (broad SMARTS) is 1. The smallest absolute Gasteiger partial charge is 0.329 e. The van der Waals surface area contributed by atoms with Gasteiger partial charge in [0.1, 0.15) is 5.54 Å². The summed E-state index contributed by atoms with van der Waals surface area (Å²) in [5, 5.41) is 9.67. The van der Waals surface area contributed by atoms with E-state index in [-0.39, 0.29) is 5.56 Å². The topological polar surface area (TPSA) is 59.3 Å². The number of carbonyl (C=O) groups is 1. The second-order valence-electron chi connectivity index (χ2n) is 6.10. The maximum Gasteiger partial charge on any atom is 0.329 e. The van der Waals surface area contributed by atoms with Crippen molar-refractivity contribution in [3.8, 4) is 0 Å². The minimum atomic E-state index is -1.03. The number of pyridine rings is 1. The molecule has 0 aromatic carbocycles. The zero-order chi connectivity index (χ0) is 13.5. The van der Waals surface area contributed by atoms with Gasteiger partial charge in [-0.3, -0.25) is 9.36 Å². The lowest BCUT2D eigenvalue weighted by Crippen LogP contribution is -2.52. The average molecular weight is 261 g/mol. The van der Waals surface area contributed by atoms with Crippen molar-refractivity contribution in [3.63, 3.8) is 0 Å². The molecule has 4 heteroatoms. The molecule has 1 N–H and O–H groups in total. The lowest BCUT2D eigenvalue weighted by molar-refractivity contribution is -0.152. The van der Waals surface area contributed by atoms with Crippen LogP contribution in [0.4, 0.5) is 0 Å². The molecule has 102 valence electrons. The third-order valence-electron chi connectivity index (χ3n) is 5.23. The Balaban J connectivity index is 1.96. The van der Waals surface area contributed by atoms with E-state index in [1.54, 1.807) is 18.3 Å². The SMILES string of the molecule is O=C(O)C1(n2ccccc2=O)CCC2(CCC2)CC1. The molecule has 1 spiro atoms. The molecule has 1 aromatic rings. The molecule has 19 heavy (non-hydrogen) atoms. The van der Waals surface area contributed by atoms with Crippen molar-refractivity contribution >= 4 is 5.97 Å². The first kappa shape index (κ1) is 12.5. The van der Waals surface area contributed by atoms with Gasteiger partial charge >= 0.3 is 5.97 Å². The highest BCUT2D eigenvalue weighted by molar-refractivity contribution is 5.77. The molecule has 0 saturated heterocycles. The summed E-state index contributed by atoms with van der Waals surface area (Å²) in [6, 6.07) is 4.84. The van der Waals surface area contributed by atoms with Crippen molar-refractivity contribution in [2.24, 2.45) is 5.41 Å². The first-order valence-electron chi connectivity index (χ1n) is 7.00. The third-order valence-corrected chi connectivity index (χ3v) is 5.23. The van der Waals surface area contributed by atoms with E-state index in [9.17, 15) is 14.7 Å². The van der Waals surface area contributed by atoms with Crippen LogP contribution in [-0.4, -0.2) is 15.6 Å². The lowest BCUT2D eigenvalue weighted by atomic mass is 9.57. The van der Waals surface area contributed by atoms with Gasteiger partial charge in [0.2, 0.25) is 0 Å². The van der Waals surface area contributed by atoms with Gasteiger partial charge in [0.15, 0.2) is 0 Å². The number of nitrogens with zero attached hydrogens (tertiary/aromatic N) is 1. The normalized spacial score (nSPS) is 23.8. The molecule has 2 aliphatic carbocycles. The summed E-state index contributed by atoms with van der Waals surface area (Å²) in [6.07, 6.45) is 8.36. The van der Waals surface area contributed by atoms with Crippen molar-refractivity contribution in [1.29, 1.82) is 0 Å². The number of aliphatic carboxylic acids is 1. The molecule has 4 nitrogen and oxygen atoms in total. The molecule has 1 heterocycles. The summed E-state index contributed by atoms with van der Waals surface area (Å²) in [7, 11) is 0. The first-order valence-corrected chi connectivity index (χ1v) is 7.00. The molecule has 0 atom stereocenters. The Labute approximate surface area is 112 Å². The standard InChI is InChI=1S/C15H19NO3/c17-12-4-1-2-11-16(12)15(13(18)19)9-7-14(8-10-15)5-3-6-14/h1-2,4,11H,3,5-10H2,(H,18,19). The minimum absolute atomic E-state index is 0.213. The molecule has 0 unspecified atom stereocenters. The second-order valence-corrected chi connectivity index (χ2v) is 6.10. The largest absolute Gasteiger partial charge is 0.479 e. The quantitative estimate of drug-likeness (QED) is 0.889. The van der Waals surface area contributed by atoms with Gasteiger partial charge in [-0.25, -0.2) is 4.79 Å². The van der Waals surface area contributed by atoms with E-state index in [0.29, 0.717) is 18.3 Å². The van der Waals surface area contributed by atoms with Gasteiger partial charge in [-0.2, -0.15) is 0 Å². The Hall–Kier alpha value is -1.58. The maximum atomic E-state index is 12.0. The summed E-state index contributed by atoms with van der Waals surface area (Å²) in [5.41, 5.74) is -0.856. The highest BCUT2D eigenvalue weighted by Gasteiger charge is 2.50. The van der Waals surface area contributed by atoms with Gasteiger partial charge in [0, 0.05) is 12.3 Å². The number of hydrogen-bond donors (Lipinski definition) is 1. The van der Waals surface area contributed by atoms with Gasteiger partial charge in [0.25, 0.3) is 5.56 Å². The summed E-state index contributed by atoms with van der Waals surface area (Å²) >= 11 is 0. The van der Waals surface area contributed by atoms with E-state index in [1.165, 1.54) is 29.9 Å². The number of carboxylic acids is 1. The fourth-order valence-corrected chi connectivity index (χ4v) is 3.71. The highest BCUT2D eigenvalue weighted by atomic mass is 16.4. The summed E-state index contributed by atoms with van der Waals surface area (Å²) in [4.78, 5) is 23.8. The molecule has 0 radical (unpaired) electrons. The van der Waals surface area contributed by atoms with E-state index in [4.69, 9.17) is 0 Å². The molecule has 2 saturated carbocycles. The van der Waals surface area contributed by atoms with Gasteiger partial charge < -0.3 is 5.11 Å². The molecular formula is C15H19NO3. The molecule has 0 amide bonds. The monoisotopic (exact) mass is 261 g/mol. The third kappa shape index (κ3) is 1.81. The van der Waals surface area contributed by atoms with Crippen LogP contribution in [0.1, 0.15) is 44.9 Å². The Kier molecular flexibility index (Phi) is 2.77. The van der Waals surface area contributed by atoms with Gasteiger partial charge in [0.05, 0.1) is 0 Å². The first-order chi connectivity index (χ1) is 9.08. The Bertz CT molecular complexity index is 547. The lowest BCUT2D eigenvalue weighted by Gasteiger charge is -2.50. The van der Waals surface area contributed by atoms with Crippen LogP contribution in [0.15, 0.2) is 29.2 Å². The van der Waals surface area contributed by atoms with Crippen LogP contribution in [0.5, 0.6) is 0 Å². The van der Waals surface area contributed by atoms with Crippen LogP contribution in [0.2, 0.25) is 0 Å². The molecule has 3 rings (SSSR count). The number of aromatic nitrogens is 1. The Morgan fingerprint density at radius 1 is 1.11 bits per heavy atom. The molecule has 0 bridgehead atoms. The van der Waals surface area contributed by atoms with E-state index in [0.717, 1.165) is 12.8 Å². The molecule has 2 fully saturated rings. The van der Waals surface area contributed by atoms with E-state index >= 15 is 0 Å². The van der Waals surface area contributed by atoms with Crippen LogP contribution in [0.25, 0.3) is 0 Å². The average Bonchev–Trinajstić information content (AvgIpc) is 2.37. The van der Waals surface area contributed by atoms with E-state index in [1.807, 2.05) is 0 Å². The summed E-state index contributed by atoms with van der Waals surface area (Å²) in [5.74, 6) is -0.866. The minimum Gasteiger partial charge on any atom is -0.479 e. The predicted molar refractivity (Wildman–Crippen MR) is 71.1 cm³/mol. The predicted octanol–water partition coefficient (Wildman–Crippen LogP) is 2.37. The van der Waals surface area contributed by atoms with Crippen molar-refractivity contribution in [1.82, 2.24) is 4.57 Å². The summed E-state index contributed by atoms with van der Waals surface area (Å²) < 4.78 is 1.43. The zero-order valence-corrected chi connectivity index (χ0v) is 11.0. The zero-order valence-electron chi connectivity index (χ0n) is 11.0. The van der Waals surface area contributed by atoms with Crippen LogP contribution in [0, 0.1) is 5.41 Å². The fraction of sp³-hybridized carbons (Fsp3) is 0.600. The maximum absolute atomic E-state index is 12.0. The summed E-state index contributed by atoms with van der Waals surface area (Å²) in [6.45, 7) is 0. The van der Waals surface area contributed by atoms with Crippen LogP contribution in [0.3, 0.4) is 0 Å². The second kappa shape index (κ2) is 4.22. The Morgan fingerprint density at radius 2 is 1.79 bits per heavy atom. The van der Waals surface area contributed by atoms with Crippen molar-refractivity contribution < 1.29 is 9.90 Å². The number of hydrogen-bond acceptors (Lipinski definition) is 2. The number of rotatable bonds is 2. The van der Waals surface area contributed by atoms with Crippen molar-refractivity contribution in [2.45, 2.75) is 50.5 Å². The van der Waals surface area contributed by atoms with Crippen molar-refractivity contribution in [2.75, 3.05) is 0 Å². The molecule has 0 aliphatic heterocycles. The van der Waals surface area contributed by atoms with Crippen molar-refractivity contribution in [3.05, 3.63) is 34.7 Å². The fourth-order valence-electron chi connectivity index (χ4n) is 3.71. The van der Waals surface area contributed by atoms with Gasteiger partial charge in [-0.05, 0) is 50.0 Å². The van der Waals surface area contributed by atoms with E-state index < -0.39 is 11.5 Å². The van der Waals surface area contributed by atoms with Gasteiger partial charge in [-0.1, -0.05) is 12.5 Å². The van der Waals surface area contributed by atoms with Crippen LogP contribution in [-0.2, 0) is 10.3 Å². The van der Waals surface area contributed by atoms with E-state index in [2.05, 4.69) is 0 Å². The van der Waals surface area contributed by atoms with Gasteiger partial charge in [-0.15, -0.1) is 0 Å². The Morgan fingerprint density at radius 3 is 2.26 bits per heavy atom. The molecular weight excluding hydrogens is 242 g/mol. The molecule has 2 aliphatic rings. The highest BCUT2D eigenvalue weighted by Crippen LogP contribution is 2.54. The van der Waals surface area contributed by atoms with Crippen LogP contribution >= 0.6 is 0 Å². The van der Waals surface area contributed by atoms with Crippen LogP contribution < -0.4 is 5.56 Å².